The van der Waals surface area contributed by atoms with Crippen LogP contribution in [0.25, 0.3) is 0 Å². The standard InChI is InChI=1S/C19H19NO5/c1-4-9-15(18(22)24-3)13-16(19(23)25-12-5-2)20-17(21)14-10-7-6-8-11-14/h2,6-11,15-16H,1,12-13H2,3H3,(H,20,21). The topological polar surface area (TPSA) is 81.7 Å². The average Bonchev–Trinajstić information content (AvgIpc) is 2.64. The van der Waals surface area contributed by atoms with E-state index in [-0.39, 0.29) is 13.0 Å². The van der Waals surface area contributed by atoms with E-state index in [9.17, 15) is 14.4 Å². The molecule has 2 unspecified atom stereocenters. The molecule has 0 aliphatic carbocycles. The minimum absolute atomic E-state index is 0.0723. The van der Waals surface area contributed by atoms with Crippen LogP contribution < -0.4 is 5.32 Å². The first-order valence-electron chi connectivity index (χ1n) is 7.43. The lowest BCUT2D eigenvalue weighted by molar-refractivity contribution is -0.147. The van der Waals surface area contributed by atoms with Crippen LogP contribution >= 0.6 is 0 Å². The maximum atomic E-state index is 12.3. The molecule has 6 nitrogen and oxygen atoms in total. The Labute approximate surface area is 146 Å². The predicted molar refractivity (Wildman–Crippen MR) is 91.3 cm³/mol. The highest BCUT2D eigenvalue weighted by atomic mass is 16.5. The molecule has 25 heavy (non-hydrogen) atoms. The van der Waals surface area contributed by atoms with Crippen molar-refractivity contribution in [3.05, 3.63) is 54.3 Å². The fourth-order valence-corrected chi connectivity index (χ4v) is 2.04. The Morgan fingerprint density at radius 2 is 1.96 bits per heavy atom. The highest BCUT2D eigenvalue weighted by Gasteiger charge is 2.29. The average molecular weight is 341 g/mol. The van der Waals surface area contributed by atoms with E-state index in [1.165, 1.54) is 13.2 Å². The number of terminal acetylenes is 1. The van der Waals surface area contributed by atoms with E-state index < -0.39 is 29.8 Å². The summed E-state index contributed by atoms with van der Waals surface area (Å²) in [6, 6.07) is 7.25. The fourth-order valence-electron chi connectivity index (χ4n) is 2.04. The van der Waals surface area contributed by atoms with Gasteiger partial charge in [-0.3, -0.25) is 9.59 Å². The Morgan fingerprint density at radius 1 is 1.28 bits per heavy atom. The van der Waals surface area contributed by atoms with E-state index in [0.717, 1.165) is 0 Å². The lowest BCUT2D eigenvalue weighted by Gasteiger charge is -2.20. The monoisotopic (exact) mass is 341 g/mol. The van der Waals surface area contributed by atoms with Gasteiger partial charge in [0, 0.05) is 5.56 Å². The fraction of sp³-hybridized carbons (Fsp3) is 0.263. The molecule has 6 heteroatoms. The van der Waals surface area contributed by atoms with Gasteiger partial charge in [-0.05, 0) is 24.6 Å². The van der Waals surface area contributed by atoms with Gasteiger partial charge in [0.1, 0.15) is 6.04 Å². The molecular weight excluding hydrogens is 322 g/mol. The second-order valence-electron chi connectivity index (χ2n) is 4.94. The van der Waals surface area contributed by atoms with Gasteiger partial charge in [0.15, 0.2) is 6.61 Å². The van der Waals surface area contributed by atoms with E-state index in [1.54, 1.807) is 30.3 Å². The number of hydrogen-bond acceptors (Lipinski definition) is 5. The van der Waals surface area contributed by atoms with Crippen LogP contribution in [0.15, 0.2) is 48.7 Å². The lowest BCUT2D eigenvalue weighted by atomic mass is 9.99. The molecule has 0 aliphatic rings. The van der Waals surface area contributed by atoms with Crippen molar-refractivity contribution >= 4 is 17.8 Å². The number of rotatable bonds is 8. The van der Waals surface area contributed by atoms with Crippen molar-refractivity contribution in [2.75, 3.05) is 13.7 Å². The van der Waals surface area contributed by atoms with Crippen LogP contribution in [0.5, 0.6) is 0 Å². The van der Waals surface area contributed by atoms with Gasteiger partial charge in [-0.25, -0.2) is 4.79 Å². The first-order chi connectivity index (χ1) is 12.0. The SMILES string of the molecule is C#CCOC(=O)C(CC(C=C=C)C(=O)OC)NC(=O)c1ccccc1. The molecule has 130 valence electrons. The second-order valence-corrected chi connectivity index (χ2v) is 4.94. The van der Waals surface area contributed by atoms with Crippen LogP contribution in [0.3, 0.4) is 0 Å². The molecule has 1 N–H and O–H groups in total. The van der Waals surface area contributed by atoms with Gasteiger partial charge in [0.2, 0.25) is 0 Å². The van der Waals surface area contributed by atoms with Crippen molar-refractivity contribution in [1.82, 2.24) is 5.32 Å². The molecule has 1 aromatic carbocycles. The zero-order chi connectivity index (χ0) is 18.7. The van der Waals surface area contributed by atoms with Crippen LogP contribution in [0.4, 0.5) is 0 Å². The number of nitrogens with one attached hydrogen (secondary N) is 1. The summed E-state index contributed by atoms with van der Waals surface area (Å²) in [5.41, 5.74) is 2.85. The number of amides is 1. The summed E-state index contributed by atoms with van der Waals surface area (Å²) in [6.45, 7) is 3.17. The summed E-state index contributed by atoms with van der Waals surface area (Å²) in [4.78, 5) is 36.3. The molecule has 0 aliphatic heterocycles. The molecule has 0 saturated heterocycles. The number of ether oxygens (including phenoxy) is 2. The Balaban J connectivity index is 2.97. The van der Waals surface area contributed by atoms with Crippen LogP contribution in [0.1, 0.15) is 16.8 Å². The molecule has 1 rings (SSSR count). The third-order valence-electron chi connectivity index (χ3n) is 3.24. The molecule has 1 aromatic rings. The Morgan fingerprint density at radius 3 is 2.52 bits per heavy atom. The van der Waals surface area contributed by atoms with Gasteiger partial charge in [0.25, 0.3) is 5.91 Å². The molecule has 0 spiro atoms. The predicted octanol–water partition coefficient (Wildman–Crippen LogP) is 1.48. The minimum Gasteiger partial charge on any atom is -0.469 e. The molecule has 0 saturated carbocycles. The van der Waals surface area contributed by atoms with E-state index >= 15 is 0 Å². The first kappa shape index (κ1) is 19.8. The number of benzene rings is 1. The van der Waals surface area contributed by atoms with Gasteiger partial charge in [-0.1, -0.05) is 30.7 Å². The van der Waals surface area contributed by atoms with E-state index in [1.807, 2.05) is 0 Å². The summed E-state index contributed by atoms with van der Waals surface area (Å²) >= 11 is 0. The molecule has 0 aromatic heterocycles. The van der Waals surface area contributed by atoms with Crippen molar-refractivity contribution < 1.29 is 23.9 Å². The molecule has 0 bridgehead atoms. The van der Waals surface area contributed by atoms with Gasteiger partial charge in [0.05, 0.1) is 13.0 Å². The van der Waals surface area contributed by atoms with Crippen LogP contribution in [-0.4, -0.2) is 37.6 Å². The number of carbonyl (C=O) groups excluding carboxylic acids is 3. The number of methoxy groups -OCH3 is 1. The highest BCUT2D eigenvalue weighted by Crippen LogP contribution is 2.13. The summed E-state index contributed by atoms with van der Waals surface area (Å²) in [5, 5.41) is 2.55. The van der Waals surface area contributed by atoms with Crippen molar-refractivity contribution in [1.29, 1.82) is 0 Å². The summed E-state index contributed by atoms with van der Waals surface area (Å²) in [7, 11) is 1.22. The van der Waals surface area contributed by atoms with Crippen LogP contribution in [-0.2, 0) is 19.1 Å². The lowest BCUT2D eigenvalue weighted by Crippen LogP contribution is -2.44. The summed E-state index contributed by atoms with van der Waals surface area (Å²) in [5.74, 6) is -0.447. The number of esters is 2. The third-order valence-corrected chi connectivity index (χ3v) is 3.24. The van der Waals surface area contributed by atoms with Gasteiger partial charge in [-0.2, -0.15) is 0 Å². The first-order valence-corrected chi connectivity index (χ1v) is 7.43. The smallest absolute Gasteiger partial charge is 0.329 e. The molecule has 2 atom stereocenters. The van der Waals surface area contributed by atoms with E-state index in [0.29, 0.717) is 5.56 Å². The van der Waals surface area contributed by atoms with Crippen molar-refractivity contribution in [3.63, 3.8) is 0 Å². The van der Waals surface area contributed by atoms with Gasteiger partial charge in [-0.15, -0.1) is 12.2 Å². The maximum Gasteiger partial charge on any atom is 0.329 e. The van der Waals surface area contributed by atoms with Crippen molar-refractivity contribution in [3.8, 4) is 12.3 Å². The largest absolute Gasteiger partial charge is 0.469 e. The quantitative estimate of drug-likeness (QED) is 0.440. The zero-order valence-corrected chi connectivity index (χ0v) is 13.9. The molecule has 1 amide bonds. The molecule has 0 heterocycles. The van der Waals surface area contributed by atoms with Gasteiger partial charge >= 0.3 is 11.9 Å². The van der Waals surface area contributed by atoms with Crippen molar-refractivity contribution in [2.45, 2.75) is 12.5 Å². The third kappa shape index (κ3) is 6.38. The Bertz CT molecular complexity index is 698. The number of hydrogen-bond donors (Lipinski definition) is 1. The summed E-state index contributed by atoms with van der Waals surface area (Å²) in [6.07, 6.45) is 6.37. The minimum atomic E-state index is -1.09. The van der Waals surface area contributed by atoms with E-state index in [4.69, 9.17) is 11.2 Å². The Kier molecular flexibility index (Phi) is 8.28. The molecular formula is C19H19NO5. The van der Waals surface area contributed by atoms with E-state index in [2.05, 4.69) is 28.3 Å². The maximum absolute atomic E-state index is 12.3. The number of carbonyl (C=O) groups is 3. The molecule has 0 radical (unpaired) electrons. The highest BCUT2D eigenvalue weighted by molar-refractivity contribution is 5.96. The summed E-state index contributed by atoms with van der Waals surface area (Å²) < 4.78 is 9.57. The van der Waals surface area contributed by atoms with Crippen LogP contribution in [0.2, 0.25) is 0 Å². The normalized spacial score (nSPS) is 11.8. The van der Waals surface area contributed by atoms with Crippen molar-refractivity contribution in [2.24, 2.45) is 5.92 Å². The van der Waals surface area contributed by atoms with Crippen LogP contribution in [0, 0.1) is 18.3 Å². The second kappa shape index (κ2) is 10.5. The zero-order valence-electron chi connectivity index (χ0n) is 13.9. The van der Waals surface area contributed by atoms with Gasteiger partial charge < -0.3 is 14.8 Å². The molecule has 0 fully saturated rings. The Hall–Kier alpha value is -3.29.